The van der Waals surface area contributed by atoms with Crippen LogP contribution in [0.15, 0.2) is 29.6 Å². The lowest BCUT2D eigenvalue weighted by molar-refractivity contribution is -0.117. The van der Waals surface area contributed by atoms with Gasteiger partial charge in [-0.25, -0.2) is 0 Å². The van der Waals surface area contributed by atoms with Crippen LogP contribution in [0.5, 0.6) is 0 Å². The summed E-state index contributed by atoms with van der Waals surface area (Å²) in [6.45, 7) is 4.18. The van der Waals surface area contributed by atoms with Crippen LogP contribution in [0.2, 0.25) is 0 Å². The van der Waals surface area contributed by atoms with Gasteiger partial charge < -0.3 is 11.1 Å². The van der Waals surface area contributed by atoms with Crippen molar-refractivity contribution in [3.05, 3.63) is 45.6 Å². The highest BCUT2D eigenvalue weighted by atomic mass is 32.1. The zero-order chi connectivity index (χ0) is 14.8. The number of anilines is 2. The van der Waals surface area contributed by atoms with Crippen molar-refractivity contribution in [1.29, 1.82) is 0 Å². The lowest BCUT2D eigenvalue weighted by Gasteiger charge is -2.26. The number of hydrogen-bond acceptors (Lipinski definition) is 4. The Bertz CT molecular complexity index is 665. The van der Waals surface area contributed by atoms with E-state index in [0.717, 1.165) is 25.1 Å². The number of nitrogens with zero attached hydrogens (tertiary/aromatic N) is 1. The molecule has 21 heavy (non-hydrogen) atoms. The molecule has 1 aromatic carbocycles. The summed E-state index contributed by atoms with van der Waals surface area (Å²) in [5.74, 6) is -0.00997. The molecule has 1 amide bonds. The minimum absolute atomic E-state index is 0.00997. The van der Waals surface area contributed by atoms with Gasteiger partial charge in [-0.2, -0.15) is 0 Å². The van der Waals surface area contributed by atoms with Crippen LogP contribution in [0.1, 0.15) is 16.0 Å². The lowest BCUT2D eigenvalue weighted by atomic mass is 10.1. The summed E-state index contributed by atoms with van der Waals surface area (Å²) in [5.41, 5.74) is 9.68. The Morgan fingerprint density at radius 2 is 2.29 bits per heavy atom. The van der Waals surface area contributed by atoms with Gasteiger partial charge in [0.2, 0.25) is 5.91 Å². The second-order valence-electron chi connectivity index (χ2n) is 5.47. The van der Waals surface area contributed by atoms with E-state index in [-0.39, 0.29) is 5.91 Å². The normalized spacial score (nSPS) is 14.7. The van der Waals surface area contributed by atoms with Gasteiger partial charge in [0.25, 0.3) is 0 Å². The minimum Gasteiger partial charge on any atom is -0.397 e. The summed E-state index contributed by atoms with van der Waals surface area (Å²) in [6.07, 6.45) is 1.03. The second-order valence-corrected chi connectivity index (χ2v) is 6.47. The SMILES string of the molecule is Cc1ccc(NC(=O)CN2CCc3sccc3C2)c(N)c1. The van der Waals surface area contributed by atoms with Gasteiger partial charge in [0.05, 0.1) is 17.9 Å². The van der Waals surface area contributed by atoms with Gasteiger partial charge in [-0.1, -0.05) is 6.07 Å². The Morgan fingerprint density at radius 1 is 1.43 bits per heavy atom. The van der Waals surface area contributed by atoms with E-state index in [9.17, 15) is 4.79 Å². The molecular weight excluding hydrogens is 282 g/mol. The summed E-state index contributed by atoms with van der Waals surface area (Å²) >= 11 is 1.81. The highest BCUT2D eigenvalue weighted by Crippen LogP contribution is 2.24. The maximum atomic E-state index is 12.2. The maximum absolute atomic E-state index is 12.2. The first-order valence-electron chi connectivity index (χ1n) is 7.05. The molecule has 2 aromatic rings. The summed E-state index contributed by atoms with van der Waals surface area (Å²) in [6, 6.07) is 7.83. The molecule has 0 spiro atoms. The third-order valence-corrected chi connectivity index (χ3v) is 4.76. The highest BCUT2D eigenvalue weighted by molar-refractivity contribution is 7.10. The Kier molecular flexibility index (Phi) is 3.94. The molecule has 1 aliphatic rings. The van der Waals surface area contributed by atoms with Crippen LogP contribution in [-0.4, -0.2) is 23.9 Å². The smallest absolute Gasteiger partial charge is 0.238 e. The summed E-state index contributed by atoms with van der Waals surface area (Å²) in [5, 5.41) is 5.03. The van der Waals surface area contributed by atoms with Crippen LogP contribution in [0.25, 0.3) is 0 Å². The molecule has 0 bridgehead atoms. The monoisotopic (exact) mass is 301 g/mol. The van der Waals surface area contributed by atoms with E-state index >= 15 is 0 Å². The molecule has 0 unspecified atom stereocenters. The van der Waals surface area contributed by atoms with Crippen molar-refractivity contribution in [2.75, 3.05) is 24.1 Å². The maximum Gasteiger partial charge on any atom is 0.238 e. The van der Waals surface area contributed by atoms with Crippen molar-refractivity contribution >= 4 is 28.6 Å². The summed E-state index contributed by atoms with van der Waals surface area (Å²) in [7, 11) is 0. The molecule has 0 aliphatic carbocycles. The van der Waals surface area contributed by atoms with Gasteiger partial charge in [-0.05, 0) is 48.1 Å². The van der Waals surface area contributed by atoms with Crippen molar-refractivity contribution in [1.82, 2.24) is 4.90 Å². The number of aryl methyl sites for hydroxylation is 1. The number of hydrogen-bond donors (Lipinski definition) is 2. The molecule has 1 aromatic heterocycles. The molecule has 4 nitrogen and oxygen atoms in total. The van der Waals surface area contributed by atoms with E-state index in [0.29, 0.717) is 17.9 Å². The number of carbonyl (C=O) groups is 1. The van der Waals surface area contributed by atoms with E-state index < -0.39 is 0 Å². The molecule has 0 atom stereocenters. The van der Waals surface area contributed by atoms with Crippen LogP contribution in [0.3, 0.4) is 0 Å². The Labute approximate surface area is 128 Å². The van der Waals surface area contributed by atoms with Crippen LogP contribution in [0, 0.1) is 6.92 Å². The van der Waals surface area contributed by atoms with E-state index in [1.807, 2.05) is 36.5 Å². The molecule has 3 N–H and O–H groups in total. The number of nitrogens with one attached hydrogen (secondary N) is 1. The highest BCUT2D eigenvalue weighted by Gasteiger charge is 2.19. The lowest BCUT2D eigenvalue weighted by Crippen LogP contribution is -2.36. The average molecular weight is 301 g/mol. The first kappa shape index (κ1) is 14.1. The summed E-state index contributed by atoms with van der Waals surface area (Å²) in [4.78, 5) is 15.8. The number of amides is 1. The third-order valence-electron chi connectivity index (χ3n) is 3.74. The number of carbonyl (C=O) groups excluding carboxylic acids is 1. The molecule has 0 saturated heterocycles. The van der Waals surface area contributed by atoms with Gasteiger partial charge >= 0.3 is 0 Å². The first-order chi connectivity index (χ1) is 10.1. The fourth-order valence-electron chi connectivity index (χ4n) is 2.63. The number of benzene rings is 1. The predicted octanol–water partition coefficient (Wildman–Crippen LogP) is 2.64. The van der Waals surface area contributed by atoms with Crippen molar-refractivity contribution in [3.8, 4) is 0 Å². The Hall–Kier alpha value is -1.85. The topological polar surface area (TPSA) is 58.4 Å². The molecule has 0 saturated carbocycles. The fraction of sp³-hybridized carbons (Fsp3) is 0.312. The van der Waals surface area contributed by atoms with Crippen molar-refractivity contribution in [2.45, 2.75) is 19.9 Å². The van der Waals surface area contributed by atoms with Gasteiger partial charge in [0.15, 0.2) is 0 Å². The molecule has 0 fully saturated rings. The van der Waals surface area contributed by atoms with E-state index in [1.54, 1.807) is 0 Å². The van der Waals surface area contributed by atoms with Crippen LogP contribution in [-0.2, 0) is 17.8 Å². The molecular formula is C16H19N3OS. The van der Waals surface area contributed by atoms with E-state index in [2.05, 4.69) is 21.7 Å². The second kappa shape index (κ2) is 5.87. The quantitative estimate of drug-likeness (QED) is 0.857. The van der Waals surface area contributed by atoms with E-state index in [4.69, 9.17) is 5.73 Å². The van der Waals surface area contributed by atoms with Gasteiger partial charge in [0.1, 0.15) is 0 Å². The number of fused-ring (bicyclic) bond motifs is 1. The number of thiophene rings is 1. The van der Waals surface area contributed by atoms with Crippen molar-refractivity contribution < 1.29 is 4.79 Å². The largest absolute Gasteiger partial charge is 0.397 e. The molecule has 5 heteroatoms. The number of rotatable bonds is 3. The number of nitrogen functional groups attached to an aromatic ring is 1. The van der Waals surface area contributed by atoms with Gasteiger partial charge in [-0.3, -0.25) is 9.69 Å². The van der Waals surface area contributed by atoms with Crippen molar-refractivity contribution in [2.24, 2.45) is 0 Å². The van der Waals surface area contributed by atoms with E-state index in [1.165, 1.54) is 10.4 Å². The third kappa shape index (κ3) is 3.25. The zero-order valence-corrected chi connectivity index (χ0v) is 12.9. The summed E-state index contributed by atoms with van der Waals surface area (Å²) < 4.78 is 0. The Balaban J connectivity index is 1.60. The molecule has 0 radical (unpaired) electrons. The molecule has 110 valence electrons. The molecule has 1 aliphatic heterocycles. The zero-order valence-electron chi connectivity index (χ0n) is 12.1. The van der Waals surface area contributed by atoms with Gasteiger partial charge in [0, 0.05) is 18.0 Å². The predicted molar refractivity (Wildman–Crippen MR) is 87.5 cm³/mol. The average Bonchev–Trinajstić information content (AvgIpc) is 2.89. The number of nitrogens with two attached hydrogens (primary N) is 1. The molecule has 3 rings (SSSR count). The Morgan fingerprint density at radius 3 is 3.10 bits per heavy atom. The van der Waals surface area contributed by atoms with Crippen LogP contribution in [0.4, 0.5) is 11.4 Å². The standard InChI is InChI=1S/C16H19N3OS/c1-11-2-3-14(13(17)8-11)18-16(20)10-19-6-4-15-12(9-19)5-7-21-15/h2-3,5,7-8H,4,6,9-10,17H2,1H3,(H,18,20). The fourth-order valence-corrected chi connectivity index (χ4v) is 3.52. The molecule has 2 heterocycles. The first-order valence-corrected chi connectivity index (χ1v) is 7.93. The van der Waals surface area contributed by atoms with Crippen LogP contribution < -0.4 is 11.1 Å². The van der Waals surface area contributed by atoms with Gasteiger partial charge in [-0.15, -0.1) is 11.3 Å². The van der Waals surface area contributed by atoms with Crippen LogP contribution >= 0.6 is 11.3 Å². The van der Waals surface area contributed by atoms with Crippen molar-refractivity contribution in [3.63, 3.8) is 0 Å². The minimum atomic E-state index is -0.00997.